The Morgan fingerprint density at radius 3 is 1.94 bits per heavy atom. The minimum Gasteiger partial charge on any atom is -0.378 e. The summed E-state index contributed by atoms with van der Waals surface area (Å²) >= 11 is 2.52. The normalized spacial score (nSPS) is 34.5. The molecular formula is C28H43IO2. The molecule has 1 aliphatic carbocycles. The minimum atomic E-state index is 0.460. The van der Waals surface area contributed by atoms with Crippen molar-refractivity contribution in [1.29, 1.82) is 0 Å². The van der Waals surface area contributed by atoms with Gasteiger partial charge in [0.05, 0.1) is 25.4 Å². The zero-order valence-corrected chi connectivity index (χ0v) is 21.7. The van der Waals surface area contributed by atoms with Crippen LogP contribution in [0.3, 0.4) is 0 Å². The van der Waals surface area contributed by atoms with Crippen molar-refractivity contribution in [2.45, 2.75) is 107 Å². The van der Waals surface area contributed by atoms with Crippen LogP contribution in [0.4, 0.5) is 0 Å². The molecule has 1 aromatic rings. The monoisotopic (exact) mass is 538 g/mol. The summed E-state index contributed by atoms with van der Waals surface area (Å²) in [6, 6.07) is 9.53. The second kappa shape index (κ2) is 12.4. The first kappa shape index (κ1) is 24.0. The number of alkyl halides is 1. The lowest BCUT2D eigenvalue weighted by atomic mass is 9.80. The highest BCUT2D eigenvalue weighted by molar-refractivity contribution is 14.1. The van der Waals surface area contributed by atoms with Crippen molar-refractivity contribution in [3.8, 4) is 0 Å². The Bertz CT molecular complexity index is 621. The van der Waals surface area contributed by atoms with Crippen molar-refractivity contribution in [2.75, 3.05) is 13.2 Å². The topological polar surface area (TPSA) is 18.5 Å². The highest BCUT2D eigenvalue weighted by Gasteiger charge is 2.25. The first-order chi connectivity index (χ1) is 15.1. The lowest BCUT2D eigenvalue weighted by molar-refractivity contribution is -0.0375. The van der Waals surface area contributed by atoms with Gasteiger partial charge in [0.25, 0.3) is 0 Å². The number of benzene rings is 1. The van der Waals surface area contributed by atoms with E-state index in [9.17, 15) is 0 Å². The number of ether oxygens (including phenoxy) is 2. The summed E-state index contributed by atoms with van der Waals surface area (Å²) in [5.74, 6) is 2.62. The average molecular weight is 539 g/mol. The second-order valence-corrected chi connectivity index (χ2v) is 12.6. The molecule has 0 radical (unpaired) electrons. The minimum absolute atomic E-state index is 0.460. The molecule has 0 bridgehead atoms. The van der Waals surface area contributed by atoms with E-state index in [4.69, 9.17) is 9.47 Å². The fourth-order valence-corrected chi connectivity index (χ4v) is 6.35. The Balaban J connectivity index is 1.11. The maximum atomic E-state index is 6.25. The molecule has 3 fully saturated rings. The molecule has 174 valence electrons. The van der Waals surface area contributed by atoms with Crippen molar-refractivity contribution in [2.24, 2.45) is 17.8 Å². The molecule has 0 N–H and O–H groups in total. The van der Waals surface area contributed by atoms with Gasteiger partial charge in [-0.1, -0.05) is 79.5 Å². The Labute approximate surface area is 204 Å². The predicted molar refractivity (Wildman–Crippen MR) is 138 cm³/mol. The van der Waals surface area contributed by atoms with Gasteiger partial charge in [-0.2, -0.15) is 0 Å². The largest absolute Gasteiger partial charge is 0.378 e. The number of aryl methyl sites for hydroxylation is 1. The van der Waals surface area contributed by atoms with Crippen LogP contribution in [0.2, 0.25) is 0 Å². The van der Waals surface area contributed by atoms with Crippen LogP contribution in [0, 0.1) is 17.8 Å². The molecular weight excluding hydrogens is 495 g/mol. The Morgan fingerprint density at radius 1 is 0.710 bits per heavy atom. The molecule has 31 heavy (non-hydrogen) atoms. The molecule has 0 amide bonds. The van der Waals surface area contributed by atoms with E-state index in [0.717, 1.165) is 29.0 Å². The predicted octanol–water partition coefficient (Wildman–Crippen LogP) is 7.55. The lowest BCUT2D eigenvalue weighted by Gasteiger charge is -2.31. The van der Waals surface area contributed by atoms with Crippen molar-refractivity contribution in [3.05, 3.63) is 35.4 Å². The van der Waals surface area contributed by atoms with E-state index >= 15 is 0 Å². The molecule has 4 atom stereocenters. The van der Waals surface area contributed by atoms with Crippen molar-refractivity contribution < 1.29 is 9.47 Å². The molecule has 1 aromatic carbocycles. The number of halogens is 1. The molecule has 2 nitrogen and oxygen atoms in total. The highest BCUT2D eigenvalue weighted by Crippen LogP contribution is 2.31. The lowest BCUT2D eigenvalue weighted by Crippen LogP contribution is -2.30. The fraction of sp³-hybridized carbons (Fsp3) is 0.786. The third kappa shape index (κ3) is 7.99. The van der Waals surface area contributed by atoms with E-state index in [-0.39, 0.29) is 0 Å². The molecule has 2 aliphatic heterocycles. The van der Waals surface area contributed by atoms with E-state index < -0.39 is 0 Å². The van der Waals surface area contributed by atoms with Gasteiger partial charge in [0.1, 0.15) is 0 Å². The zero-order valence-electron chi connectivity index (χ0n) is 19.6. The van der Waals surface area contributed by atoms with Crippen LogP contribution in [-0.2, 0) is 22.3 Å². The van der Waals surface area contributed by atoms with Gasteiger partial charge < -0.3 is 9.47 Å². The molecule has 3 heteroatoms. The number of rotatable bonds is 8. The van der Waals surface area contributed by atoms with Gasteiger partial charge in [-0.05, 0) is 86.7 Å². The van der Waals surface area contributed by atoms with Gasteiger partial charge in [0, 0.05) is 3.92 Å². The van der Waals surface area contributed by atoms with Gasteiger partial charge in [0.2, 0.25) is 0 Å². The van der Waals surface area contributed by atoms with Crippen LogP contribution in [-0.4, -0.2) is 29.3 Å². The Hall–Kier alpha value is -0.130. The van der Waals surface area contributed by atoms with E-state index in [2.05, 4.69) is 53.8 Å². The first-order valence-electron chi connectivity index (χ1n) is 13.1. The molecule has 2 saturated heterocycles. The third-order valence-corrected chi connectivity index (χ3v) is 9.10. The van der Waals surface area contributed by atoms with Gasteiger partial charge in [-0.3, -0.25) is 0 Å². The summed E-state index contributed by atoms with van der Waals surface area (Å²) in [4.78, 5) is 0. The van der Waals surface area contributed by atoms with E-state index in [1.54, 1.807) is 0 Å². The summed E-state index contributed by atoms with van der Waals surface area (Å²) in [5.41, 5.74) is 3.02. The fourth-order valence-electron chi connectivity index (χ4n) is 5.79. The molecule has 1 saturated carbocycles. The van der Waals surface area contributed by atoms with E-state index in [1.807, 2.05) is 0 Å². The highest BCUT2D eigenvalue weighted by atomic mass is 127. The third-order valence-electron chi connectivity index (χ3n) is 8.11. The molecule has 4 rings (SSSR count). The summed E-state index contributed by atoms with van der Waals surface area (Å²) in [6.07, 6.45) is 18.0. The molecule has 3 aliphatic rings. The van der Waals surface area contributed by atoms with Crippen LogP contribution in [0.1, 0.15) is 88.7 Å². The van der Waals surface area contributed by atoms with Crippen molar-refractivity contribution >= 4 is 22.6 Å². The van der Waals surface area contributed by atoms with Crippen molar-refractivity contribution in [3.63, 3.8) is 0 Å². The van der Waals surface area contributed by atoms with Gasteiger partial charge in [-0.15, -0.1) is 0 Å². The number of hydrogen-bond donors (Lipinski definition) is 0. The van der Waals surface area contributed by atoms with Crippen LogP contribution in [0.5, 0.6) is 0 Å². The van der Waals surface area contributed by atoms with Crippen LogP contribution in [0.15, 0.2) is 24.3 Å². The smallest absolute Gasteiger partial charge is 0.0587 e. The van der Waals surface area contributed by atoms with Crippen LogP contribution < -0.4 is 0 Å². The number of hydrogen-bond acceptors (Lipinski definition) is 2. The Morgan fingerprint density at radius 2 is 1.32 bits per heavy atom. The molecule has 0 spiro atoms. The molecule has 2 heterocycles. The summed E-state index contributed by atoms with van der Waals surface area (Å²) in [7, 11) is 0. The van der Waals surface area contributed by atoms with Gasteiger partial charge in [-0.25, -0.2) is 0 Å². The maximum Gasteiger partial charge on any atom is 0.0587 e. The maximum absolute atomic E-state index is 6.25. The summed E-state index contributed by atoms with van der Waals surface area (Å²) < 4.78 is 13.0. The zero-order chi connectivity index (χ0) is 21.5. The Kier molecular flexibility index (Phi) is 9.58. The van der Waals surface area contributed by atoms with Crippen LogP contribution in [0.25, 0.3) is 0 Å². The van der Waals surface area contributed by atoms with Crippen molar-refractivity contribution in [1.82, 2.24) is 0 Å². The summed E-state index contributed by atoms with van der Waals surface area (Å²) in [5, 5.41) is 0. The molecule has 4 unspecified atom stereocenters. The SMILES string of the molecule is CC1CCC(CCc2ccc(CC3CCC(CCC4CCC(I)CO4)OC3)cc2)CC1. The molecule has 0 aromatic heterocycles. The van der Waals surface area contributed by atoms with E-state index in [0.29, 0.717) is 18.1 Å². The van der Waals surface area contributed by atoms with Gasteiger partial charge in [0.15, 0.2) is 0 Å². The van der Waals surface area contributed by atoms with E-state index in [1.165, 1.54) is 94.6 Å². The average Bonchev–Trinajstić information content (AvgIpc) is 2.80. The standard InChI is InChI=1S/C28H43IO2/c1-21-2-4-22(5-3-21)6-7-23-8-10-24(11-9-23)18-25-12-14-27(30-19-25)16-17-28-15-13-26(29)20-31-28/h8-11,21-22,25-28H,2-7,12-20H2,1H3. The van der Waals surface area contributed by atoms with Gasteiger partial charge >= 0.3 is 0 Å². The summed E-state index contributed by atoms with van der Waals surface area (Å²) in [6.45, 7) is 4.30. The first-order valence-corrected chi connectivity index (χ1v) is 14.3. The quantitative estimate of drug-likeness (QED) is 0.251. The second-order valence-electron chi connectivity index (χ2n) is 10.8. The van der Waals surface area contributed by atoms with Crippen LogP contribution >= 0.6 is 22.6 Å².